The average Bonchev–Trinajstić information content (AvgIpc) is 2.80. The Bertz CT molecular complexity index is 530. The van der Waals surface area contributed by atoms with Gasteiger partial charge in [-0.3, -0.25) is 4.79 Å². The Hall–Kier alpha value is -1.36. The minimum atomic E-state index is -0.315. The molecule has 21 heavy (non-hydrogen) atoms. The number of ether oxygens (including phenoxy) is 1. The normalized spacial score (nSPS) is 17.3. The molecule has 1 heterocycles. The van der Waals surface area contributed by atoms with Crippen LogP contribution in [0.15, 0.2) is 6.07 Å². The molecule has 1 fully saturated rings. The average molecular weight is 309 g/mol. The number of carbonyl (C=O) groups is 2. The van der Waals surface area contributed by atoms with Gasteiger partial charge >= 0.3 is 5.97 Å². The summed E-state index contributed by atoms with van der Waals surface area (Å²) in [6.45, 7) is 6.04. The van der Waals surface area contributed by atoms with Crippen LogP contribution in [0.2, 0.25) is 0 Å². The van der Waals surface area contributed by atoms with Gasteiger partial charge in [-0.15, -0.1) is 11.3 Å². The maximum atomic E-state index is 12.5. The van der Waals surface area contributed by atoms with Crippen LogP contribution < -0.4 is 5.32 Å². The smallest absolute Gasteiger partial charge is 0.348 e. The predicted molar refractivity (Wildman–Crippen MR) is 84.8 cm³/mol. The predicted octanol–water partition coefficient (Wildman–Crippen LogP) is 4.14. The molecule has 0 saturated heterocycles. The van der Waals surface area contributed by atoms with Crippen LogP contribution in [0.1, 0.15) is 61.2 Å². The molecular formula is C16H23NO3S. The molecule has 1 amide bonds. The fraction of sp³-hybridized carbons (Fsp3) is 0.625. The first-order valence-corrected chi connectivity index (χ1v) is 8.37. The van der Waals surface area contributed by atoms with Crippen molar-refractivity contribution in [3.63, 3.8) is 0 Å². The third-order valence-electron chi connectivity index (χ3n) is 4.12. The molecule has 2 rings (SSSR count). The van der Waals surface area contributed by atoms with Crippen molar-refractivity contribution >= 4 is 28.2 Å². The van der Waals surface area contributed by atoms with Gasteiger partial charge in [-0.2, -0.15) is 0 Å². The van der Waals surface area contributed by atoms with E-state index in [0.29, 0.717) is 11.5 Å². The van der Waals surface area contributed by atoms with Gasteiger partial charge in [0.25, 0.3) is 0 Å². The largest absolute Gasteiger partial charge is 0.462 e. The van der Waals surface area contributed by atoms with Crippen molar-refractivity contribution in [3.05, 3.63) is 16.5 Å². The Morgan fingerprint density at radius 3 is 2.62 bits per heavy atom. The van der Waals surface area contributed by atoms with Crippen LogP contribution in [0.25, 0.3) is 0 Å². The fourth-order valence-electron chi connectivity index (χ4n) is 2.76. The molecule has 0 radical (unpaired) electrons. The van der Waals surface area contributed by atoms with Crippen LogP contribution in [-0.2, 0) is 9.53 Å². The molecule has 1 aliphatic carbocycles. The van der Waals surface area contributed by atoms with Gasteiger partial charge < -0.3 is 10.1 Å². The zero-order chi connectivity index (χ0) is 15.5. The van der Waals surface area contributed by atoms with Crippen LogP contribution in [0, 0.1) is 12.3 Å². The fourth-order valence-corrected chi connectivity index (χ4v) is 3.73. The Labute approximate surface area is 129 Å². The summed E-state index contributed by atoms with van der Waals surface area (Å²) in [5.74, 6) is -0.247. The van der Waals surface area contributed by atoms with E-state index in [2.05, 4.69) is 5.32 Å². The van der Waals surface area contributed by atoms with Crippen LogP contribution in [0.4, 0.5) is 5.00 Å². The van der Waals surface area contributed by atoms with Crippen LogP contribution in [-0.4, -0.2) is 18.5 Å². The topological polar surface area (TPSA) is 55.4 Å². The summed E-state index contributed by atoms with van der Waals surface area (Å²) in [7, 11) is 0. The van der Waals surface area contributed by atoms with Gasteiger partial charge in [0.15, 0.2) is 0 Å². The Morgan fingerprint density at radius 1 is 1.33 bits per heavy atom. The molecule has 1 N–H and O–H groups in total. The third kappa shape index (κ3) is 3.64. The van der Waals surface area contributed by atoms with Crippen molar-refractivity contribution in [2.24, 2.45) is 5.41 Å². The summed E-state index contributed by atoms with van der Waals surface area (Å²) in [6.07, 6.45) is 5.32. The van der Waals surface area contributed by atoms with E-state index in [1.165, 1.54) is 17.8 Å². The summed E-state index contributed by atoms with van der Waals surface area (Å²) >= 11 is 1.29. The number of hydrogen-bond acceptors (Lipinski definition) is 4. The second kappa shape index (κ2) is 6.60. The van der Waals surface area contributed by atoms with Crippen LogP contribution >= 0.6 is 11.3 Å². The van der Waals surface area contributed by atoms with Gasteiger partial charge in [-0.25, -0.2) is 4.79 Å². The van der Waals surface area contributed by atoms with Crippen LogP contribution in [0.3, 0.4) is 0 Å². The van der Waals surface area contributed by atoms with E-state index in [-0.39, 0.29) is 17.3 Å². The van der Waals surface area contributed by atoms with E-state index < -0.39 is 0 Å². The molecule has 4 nitrogen and oxygen atoms in total. The van der Waals surface area contributed by atoms with Crippen molar-refractivity contribution in [2.75, 3.05) is 11.9 Å². The Morgan fingerprint density at radius 2 is 2.00 bits per heavy atom. The minimum Gasteiger partial charge on any atom is -0.462 e. The number of aryl methyl sites for hydroxylation is 1. The van der Waals surface area contributed by atoms with Crippen molar-refractivity contribution < 1.29 is 14.3 Å². The summed E-state index contributed by atoms with van der Waals surface area (Å²) in [6, 6.07) is 1.85. The lowest BCUT2D eigenvalue weighted by molar-refractivity contribution is -0.126. The SMILES string of the molecule is CCOC(=O)c1sc(NC(=O)C2(C)CCCCC2)cc1C. The quantitative estimate of drug-likeness (QED) is 0.850. The number of rotatable bonds is 4. The summed E-state index contributed by atoms with van der Waals surface area (Å²) in [5.41, 5.74) is 0.572. The van der Waals surface area contributed by atoms with E-state index in [0.717, 1.165) is 36.2 Å². The highest BCUT2D eigenvalue weighted by molar-refractivity contribution is 7.18. The highest BCUT2D eigenvalue weighted by atomic mass is 32.1. The lowest BCUT2D eigenvalue weighted by atomic mass is 9.75. The van der Waals surface area contributed by atoms with Gasteiger partial charge in [-0.05, 0) is 38.3 Å². The van der Waals surface area contributed by atoms with Gasteiger partial charge in [0.2, 0.25) is 5.91 Å². The molecule has 0 unspecified atom stereocenters. The molecule has 0 atom stereocenters. The maximum Gasteiger partial charge on any atom is 0.348 e. The number of hydrogen-bond donors (Lipinski definition) is 1. The monoisotopic (exact) mass is 309 g/mol. The maximum absolute atomic E-state index is 12.5. The van der Waals surface area contributed by atoms with E-state index in [1.54, 1.807) is 6.92 Å². The lowest BCUT2D eigenvalue weighted by Gasteiger charge is -2.31. The molecule has 116 valence electrons. The molecule has 0 aliphatic heterocycles. The lowest BCUT2D eigenvalue weighted by Crippen LogP contribution is -2.35. The molecule has 0 aromatic carbocycles. The Balaban J connectivity index is 2.08. The van der Waals surface area contributed by atoms with Crippen molar-refractivity contribution in [1.82, 2.24) is 0 Å². The molecule has 1 aliphatic rings. The van der Waals surface area contributed by atoms with E-state index in [1.807, 2.05) is 19.9 Å². The number of nitrogens with one attached hydrogen (secondary N) is 1. The summed E-state index contributed by atoms with van der Waals surface area (Å²) in [4.78, 5) is 24.9. The first kappa shape index (κ1) is 16.0. The van der Waals surface area contributed by atoms with Crippen molar-refractivity contribution in [2.45, 2.75) is 52.9 Å². The number of thiophene rings is 1. The summed E-state index contributed by atoms with van der Waals surface area (Å²) < 4.78 is 5.02. The molecule has 1 saturated carbocycles. The van der Waals surface area contributed by atoms with Gasteiger partial charge in [0.1, 0.15) is 4.88 Å². The number of amides is 1. The molecule has 1 aromatic heterocycles. The second-order valence-corrected chi connectivity index (χ2v) is 6.97. The standard InChI is InChI=1S/C16H23NO3S/c1-4-20-14(18)13-11(2)10-12(21-13)17-15(19)16(3)8-6-5-7-9-16/h10H,4-9H2,1-3H3,(H,17,19). The first-order chi connectivity index (χ1) is 9.96. The van der Waals surface area contributed by atoms with Crippen LogP contribution in [0.5, 0.6) is 0 Å². The third-order valence-corrected chi connectivity index (χ3v) is 5.25. The minimum absolute atomic E-state index is 0.0684. The van der Waals surface area contributed by atoms with Crippen molar-refractivity contribution in [1.29, 1.82) is 0 Å². The summed E-state index contributed by atoms with van der Waals surface area (Å²) in [5, 5.41) is 3.71. The first-order valence-electron chi connectivity index (χ1n) is 7.55. The Kier molecular flexibility index (Phi) is 5.04. The number of esters is 1. The van der Waals surface area contributed by atoms with E-state index >= 15 is 0 Å². The molecule has 5 heteroatoms. The highest BCUT2D eigenvalue weighted by Crippen LogP contribution is 2.37. The number of carbonyl (C=O) groups excluding carboxylic acids is 2. The zero-order valence-corrected chi connectivity index (χ0v) is 13.8. The molecular weight excluding hydrogens is 286 g/mol. The molecule has 0 bridgehead atoms. The van der Waals surface area contributed by atoms with E-state index in [4.69, 9.17) is 4.74 Å². The highest BCUT2D eigenvalue weighted by Gasteiger charge is 2.34. The van der Waals surface area contributed by atoms with Gasteiger partial charge in [0, 0.05) is 5.41 Å². The van der Waals surface area contributed by atoms with E-state index in [9.17, 15) is 9.59 Å². The second-order valence-electron chi connectivity index (χ2n) is 5.92. The molecule has 1 aromatic rings. The zero-order valence-electron chi connectivity index (χ0n) is 13.0. The number of anilines is 1. The molecule has 0 spiro atoms. The van der Waals surface area contributed by atoms with Gasteiger partial charge in [-0.1, -0.05) is 26.2 Å². The van der Waals surface area contributed by atoms with Crippen molar-refractivity contribution in [3.8, 4) is 0 Å². The van der Waals surface area contributed by atoms with Gasteiger partial charge in [0.05, 0.1) is 11.6 Å².